The summed E-state index contributed by atoms with van der Waals surface area (Å²) < 4.78 is 9.18. The molecule has 1 aliphatic carbocycles. The first-order valence-electron chi connectivity index (χ1n) is 11.6. The molecule has 0 aromatic carbocycles. The molecule has 1 fully saturated rings. The molecule has 0 bridgehead atoms. The summed E-state index contributed by atoms with van der Waals surface area (Å²) in [6, 6.07) is 4.38. The van der Waals surface area contributed by atoms with Crippen LogP contribution in [0.5, 0.6) is 0 Å². The number of esters is 1. The van der Waals surface area contributed by atoms with Gasteiger partial charge in [-0.1, -0.05) is 32.6 Å². The summed E-state index contributed by atoms with van der Waals surface area (Å²) in [6.07, 6.45) is 15.8. The molecule has 0 saturated heterocycles. The third kappa shape index (κ3) is 4.82. The number of rotatable bonds is 10. The van der Waals surface area contributed by atoms with Gasteiger partial charge in [-0.05, 0) is 31.2 Å². The van der Waals surface area contributed by atoms with Crippen molar-refractivity contribution < 1.29 is 9.53 Å². The van der Waals surface area contributed by atoms with Crippen molar-refractivity contribution in [2.75, 3.05) is 0 Å². The number of hydrogen-bond acceptors (Lipinski definition) is 6. The van der Waals surface area contributed by atoms with E-state index in [-0.39, 0.29) is 18.7 Å². The monoisotopic (exact) mass is 434 g/mol. The van der Waals surface area contributed by atoms with Crippen molar-refractivity contribution in [2.24, 2.45) is 5.92 Å². The summed E-state index contributed by atoms with van der Waals surface area (Å²) in [4.78, 5) is 20.9. The Morgan fingerprint density at radius 2 is 2.16 bits per heavy atom. The van der Waals surface area contributed by atoms with E-state index in [1.165, 1.54) is 19.2 Å². The van der Waals surface area contributed by atoms with E-state index < -0.39 is 0 Å². The average Bonchev–Trinajstić information content (AvgIpc) is 3.57. The molecule has 1 saturated carbocycles. The smallest absolute Gasteiger partial charge is 0.307 e. The molecule has 3 aromatic heterocycles. The standard InChI is InChI=1S/C24H30N6O2/c1-2-3-4-9-22(31)32-17-29-13-11-20-23(26-16-27-24(20)29)19-14-28-30(15-19)21(10-12-25)18-7-5-6-8-18/h11,13-16,18,21H,2-10,17H2,1H3/t21-/m1/s1. The second-order valence-electron chi connectivity index (χ2n) is 8.53. The van der Waals surface area contributed by atoms with E-state index in [9.17, 15) is 10.1 Å². The molecule has 32 heavy (non-hydrogen) atoms. The summed E-state index contributed by atoms with van der Waals surface area (Å²) in [5.74, 6) is 0.312. The van der Waals surface area contributed by atoms with E-state index in [1.807, 2.05) is 33.9 Å². The van der Waals surface area contributed by atoms with Gasteiger partial charge in [-0.25, -0.2) is 9.97 Å². The lowest BCUT2D eigenvalue weighted by molar-refractivity contribution is -0.147. The van der Waals surface area contributed by atoms with E-state index in [0.717, 1.165) is 48.7 Å². The molecule has 8 heteroatoms. The highest BCUT2D eigenvalue weighted by atomic mass is 16.5. The molecular weight excluding hydrogens is 404 g/mol. The summed E-state index contributed by atoms with van der Waals surface area (Å²) in [7, 11) is 0. The summed E-state index contributed by atoms with van der Waals surface area (Å²) >= 11 is 0. The van der Waals surface area contributed by atoms with Gasteiger partial charge in [-0.2, -0.15) is 10.4 Å². The number of carbonyl (C=O) groups excluding carboxylic acids is 1. The van der Waals surface area contributed by atoms with Crippen LogP contribution in [0.2, 0.25) is 0 Å². The molecule has 168 valence electrons. The first-order valence-corrected chi connectivity index (χ1v) is 11.6. The Labute approximate surface area is 188 Å². The van der Waals surface area contributed by atoms with Crippen LogP contribution in [0.1, 0.15) is 70.8 Å². The largest absolute Gasteiger partial charge is 0.444 e. The highest BCUT2D eigenvalue weighted by molar-refractivity contribution is 5.90. The van der Waals surface area contributed by atoms with Crippen molar-refractivity contribution in [3.63, 3.8) is 0 Å². The first kappa shape index (κ1) is 22.0. The van der Waals surface area contributed by atoms with Crippen LogP contribution < -0.4 is 0 Å². The minimum Gasteiger partial charge on any atom is -0.444 e. The van der Waals surface area contributed by atoms with Crippen LogP contribution in [-0.2, 0) is 16.3 Å². The van der Waals surface area contributed by atoms with Gasteiger partial charge in [0.05, 0.1) is 30.4 Å². The maximum Gasteiger partial charge on any atom is 0.307 e. The Balaban J connectivity index is 1.52. The fourth-order valence-corrected chi connectivity index (χ4v) is 4.62. The van der Waals surface area contributed by atoms with Gasteiger partial charge in [0, 0.05) is 29.8 Å². The first-order chi connectivity index (χ1) is 15.7. The van der Waals surface area contributed by atoms with Crippen LogP contribution in [0, 0.1) is 17.2 Å². The van der Waals surface area contributed by atoms with Crippen LogP contribution in [0.25, 0.3) is 22.3 Å². The van der Waals surface area contributed by atoms with Crippen LogP contribution in [-0.4, -0.2) is 30.3 Å². The fraction of sp³-hybridized carbons (Fsp3) is 0.542. The number of nitrogens with zero attached hydrogens (tertiary/aromatic N) is 6. The molecule has 1 atom stereocenters. The number of fused-ring (bicyclic) bond motifs is 1. The number of aromatic nitrogens is 5. The zero-order chi connectivity index (χ0) is 22.3. The molecule has 0 unspecified atom stereocenters. The van der Waals surface area contributed by atoms with Gasteiger partial charge >= 0.3 is 5.97 Å². The molecular formula is C24H30N6O2. The van der Waals surface area contributed by atoms with Gasteiger partial charge in [-0.15, -0.1) is 0 Å². The SMILES string of the molecule is CCCCCC(=O)OCn1ccc2c(-c3cnn([C@H](CC#N)C4CCCC4)c3)ncnc21. The minimum atomic E-state index is -0.189. The molecule has 1 aliphatic rings. The highest BCUT2D eigenvalue weighted by Gasteiger charge is 2.27. The quantitative estimate of drug-likeness (QED) is 0.328. The van der Waals surface area contributed by atoms with Gasteiger partial charge in [0.25, 0.3) is 0 Å². The van der Waals surface area contributed by atoms with E-state index in [0.29, 0.717) is 24.4 Å². The lowest BCUT2D eigenvalue weighted by Gasteiger charge is -2.21. The second kappa shape index (κ2) is 10.4. The zero-order valence-electron chi connectivity index (χ0n) is 18.6. The molecule has 0 aliphatic heterocycles. The van der Waals surface area contributed by atoms with Crippen molar-refractivity contribution in [2.45, 2.75) is 77.5 Å². The number of unbranched alkanes of at least 4 members (excludes halogenated alkanes) is 2. The van der Waals surface area contributed by atoms with Crippen molar-refractivity contribution in [1.29, 1.82) is 5.26 Å². The third-order valence-electron chi connectivity index (χ3n) is 6.36. The molecule has 3 aromatic rings. The van der Waals surface area contributed by atoms with E-state index in [4.69, 9.17) is 4.74 Å². The highest BCUT2D eigenvalue weighted by Crippen LogP contribution is 2.36. The number of nitriles is 1. The molecule has 8 nitrogen and oxygen atoms in total. The molecule has 0 amide bonds. The Morgan fingerprint density at radius 3 is 2.94 bits per heavy atom. The van der Waals surface area contributed by atoms with Gasteiger partial charge in [0.2, 0.25) is 0 Å². The average molecular weight is 435 g/mol. The van der Waals surface area contributed by atoms with E-state index in [1.54, 1.807) is 0 Å². The van der Waals surface area contributed by atoms with E-state index >= 15 is 0 Å². The molecule has 0 N–H and O–H groups in total. The van der Waals surface area contributed by atoms with Crippen molar-refractivity contribution in [3.8, 4) is 17.3 Å². The number of hydrogen-bond donors (Lipinski definition) is 0. The van der Waals surface area contributed by atoms with E-state index in [2.05, 4.69) is 28.1 Å². The van der Waals surface area contributed by atoms with Gasteiger partial charge in [-0.3, -0.25) is 14.0 Å². The van der Waals surface area contributed by atoms with Crippen LogP contribution in [0.15, 0.2) is 31.0 Å². The van der Waals surface area contributed by atoms with Gasteiger partial charge in [0.1, 0.15) is 12.0 Å². The fourth-order valence-electron chi connectivity index (χ4n) is 4.62. The predicted molar refractivity (Wildman–Crippen MR) is 120 cm³/mol. The topological polar surface area (TPSA) is 98.6 Å². The van der Waals surface area contributed by atoms with Crippen molar-refractivity contribution in [3.05, 3.63) is 31.0 Å². The van der Waals surface area contributed by atoms with Crippen LogP contribution in [0.4, 0.5) is 0 Å². The third-order valence-corrected chi connectivity index (χ3v) is 6.36. The minimum absolute atomic E-state index is 0.102. The summed E-state index contributed by atoms with van der Waals surface area (Å²) in [5, 5.41) is 14.8. The summed E-state index contributed by atoms with van der Waals surface area (Å²) in [6.45, 7) is 2.24. The Bertz CT molecular complexity index is 1090. The number of ether oxygens (including phenoxy) is 1. The molecule has 0 radical (unpaired) electrons. The van der Waals surface area contributed by atoms with Crippen LogP contribution in [0.3, 0.4) is 0 Å². The molecule has 3 heterocycles. The Hall–Kier alpha value is -3.21. The molecule has 0 spiro atoms. The number of carbonyl (C=O) groups is 1. The predicted octanol–water partition coefficient (Wildman–Crippen LogP) is 5.02. The van der Waals surface area contributed by atoms with Crippen molar-refractivity contribution in [1.82, 2.24) is 24.3 Å². The van der Waals surface area contributed by atoms with Gasteiger partial charge in [0.15, 0.2) is 6.73 Å². The maximum absolute atomic E-state index is 12.0. The summed E-state index contributed by atoms with van der Waals surface area (Å²) in [5.41, 5.74) is 2.40. The normalized spacial score (nSPS) is 15.1. The Morgan fingerprint density at radius 1 is 1.31 bits per heavy atom. The van der Waals surface area contributed by atoms with Crippen LogP contribution >= 0.6 is 0 Å². The lowest BCUT2D eigenvalue weighted by Crippen LogP contribution is -2.17. The zero-order valence-corrected chi connectivity index (χ0v) is 18.6. The lowest BCUT2D eigenvalue weighted by atomic mass is 9.96. The second-order valence-corrected chi connectivity index (χ2v) is 8.53. The van der Waals surface area contributed by atoms with Gasteiger partial charge < -0.3 is 4.74 Å². The molecule has 4 rings (SSSR count). The van der Waals surface area contributed by atoms with Crippen molar-refractivity contribution >= 4 is 17.0 Å². The Kier molecular flexibility index (Phi) is 7.15. The maximum atomic E-state index is 12.0.